The molecule has 1 aromatic heterocycles. The first kappa shape index (κ1) is 18.6. The lowest BCUT2D eigenvalue weighted by molar-refractivity contribution is 0.178. The number of aromatic nitrogens is 2. The second kappa shape index (κ2) is 8.03. The molecule has 2 heterocycles. The van der Waals surface area contributed by atoms with Gasteiger partial charge in [0.1, 0.15) is 12.4 Å². The zero-order valence-corrected chi connectivity index (χ0v) is 16.7. The number of rotatable bonds is 6. The van der Waals surface area contributed by atoms with E-state index in [4.69, 9.17) is 4.74 Å². The minimum Gasteiger partial charge on any atom is -0.447 e. The van der Waals surface area contributed by atoms with Gasteiger partial charge in [0.25, 0.3) is 0 Å². The van der Waals surface area contributed by atoms with E-state index in [2.05, 4.69) is 51.1 Å². The van der Waals surface area contributed by atoms with Crippen LogP contribution >= 0.6 is 15.9 Å². The smallest absolute Gasteiger partial charge is 0.415 e. The first-order chi connectivity index (χ1) is 12.4. The second-order valence-corrected chi connectivity index (χ2v) is 7.81. The van der Waals surface area contributed by atoms with E-state index in [1.807, 2.05) is 25.1 Å². The average molecular weight is 419 g/mol. The summed E-state index contributed by atoms with van der Waals surface area (Å²) in [5.41, 5.74) is 1.12. The van der Waals surface area contributed by atoms with Crippen molar-refractivity contribution in [1.82, 2.24) is 9.97 Å². The van der Waals surface area contributed by atoms with Crippen LogP contribution in [-0.4, -0.2) is 28.7 Å². The van der Waals surface area contributed by atoms with E-state index < -0.39 is 0 Å². The lowest BCUT2D eigenvalue weighted by Crippen LogP contribution is -2.35. The SMILES string of the molecule is CC(C)CC1COC(=O)N1c1ccnc(NC(C)c2cccc(Br)c2)n1. The molecule has 0 radical (unpaired) electrons. The number of carbonyl (C=O) groups excluding carboxylic acids is 1. The van der Waals surface area contributed by atoms with Crippen LogP contribution in [0.3, 0.4) is 0 Å². The third-order valence-corrected chi connectivity index (χ3v) is 4.78. The normalized spacial score (nSPS) is 18.1. The molecule has 1 fully saturated rings. The molecule has 2 atom stereocenters. The predicted molar refractivity (Wildman–Crippen MR) is 105 cm³/mol. The quantitative estimate of drug-likeness (QED) is 0.730. The molecule has 3 rings (SSSR count). The lowest BCUT2D eigenvalue weighted by Gasteiger charge is -2.22. The number of nitrogens with one attached hydrogen (secondary N) is 1. The number of cyclic esters (lactones) is 1. The molecule has 1 amide bonds. The molecule has 0 aliphatic carbocycles. The first-order valence-electron chi connectivity index (χ1n) is 8.75. The second-order valence-electron chi connectivity index (χ2n) is 6.89. The zero-order valence-electron chi connectivity index (χ0n) is 15.1. The standard InChI is InChI=1S/C19H23BrN4O2/c1-12(2)9-16-11-26-19(25)24(16)17-7-8-21-18(23-17)22-13(3)14-5-4-6-15(20)10-14/h4-8,10,12-13,16H,9,11H2,1-3H3,(H,21,22,23). The number of halogens is 1. The molecule has 26 heavy (non-hydrogen) atoms. The molecule has 0 bridgehead atoms. The third kappa shape index (κ3) is 4.33. The summed E-state index contributed by atoms with van der Waals surface area (Å²) in [5.74, 6) is 1.52. The van der Waals surface area contributed by atoms with Crippen molar-refractivity contribution in [2.75, 3.05) is 16.8 Å². The maximum absolute atomic E-state index is 12.2. The van der Waals surface area contributed by atoms with Crippen LogP contribution in [0.15, 0.2) is 41.0 Å². The van der Waals surface area contributed by atoms with Gasteiger partial charge in [0.2, 0.25) is 5.95 Å². The fourth-order valence-corrected chi connectivity index (χ4v) is 3.48. The Kier molecular flexibility index (Phi) is 5.76. The average Bonchev–Trinajstić information content (AvgIpc) is 2.94. The van der Waals surface area contributed by atoms with E-state index in [9.17, 15) is 4.79 Å². The largest absolute Gasteiger partial charge is 0.447 e. The maximum Gasteiger partial charge on any atom is 0.415 e. The van der Waals surface area contributed by atoms with Gasteiger partial charge in [-0.25, -0.2) is 9.78 Å². The molecule has 7 heteroatoms. The Labute approximate surface area is 162 Å². The highest BCUT2D eigenvalue weighted by molar-refractivity contribution is 9.10. The molecular weight excluding hydrogens is 396 g/mol. The third-order valence-electron chi connectivity index (χ3n) is 4.29. The Bertz CT molecular complexity index is 784. The van der Waals surface area contributed by atoms with Crippen molar-refractivity contribution in [2.24, 2.45) is 5.92 Å². The van der Waals surface area contributed by atoms with Gasteiger partial charge in [0.05, 0.1) is 12.1 Å². The predicted octanol–water partition coefficient (Wildman–Crippen LogP) is 4.78. The molecule has 138 valence electrons. The van der Waals surface area contributed by atoms with Crippen LogP contribution in [0.25, 0.3) is 0 Å². The van der Waals surface area contributed by atoms with Crippen LogP contribution in [0, 0.1) is 5.92 Å². The molecule has 2 unspecified atom stereocenters. The van der Waals surface area contributed by atoms with Gasteiger partial charge < -0.3 is 10.1 Å². The van der Waals surface area contributed by atoms with Crippen molar-refractivity contribution in [2.45, 2.75) is 39.3 Å². The molecule has 1 aromatic carbocycles. The monoisotopic (exact) mass is 418 g/mol. The molecule has 1 aliphatic rings. The van der Waals surface area contributed by atoms with Gasteiger partial charge in [0, 0.05) is 10.7 Å². The highest BCUT2D eigenvalue weighted by atomic mass is 79.9. The minimum atomic E-state index is -0.347. The summed E-state index contributed by atoms with van der Waals surface area (Å²) in [6.07, 6.45) is 2.18. The molecule has 1 aliphatic heterocycles. The van der Waals surface area contributed by atoms with E-state index in [1.165, 1.54) is 0 Å². The van der Waals surface area contributed by atoms with E-state index in [1.54, 1.807) is 17.2 Å². The van der Waals surface area contributed by atoms with E-state index in [-0.39, 0.29) is 18.2 Å². The molecule has 6 nitrogen and oxygen atoms in total. The number of amides is 1. The minimum absolute atomic E-state index is 0.00718. The van der Waals surface area contributed by atoms with E-state index in [0.717, 1.165) is 16.5 Å². The molecule has 1 N–H and O–H groups in total. The van der Waals surface area contributed by atoms with Gasteiger partial charge in [-0.2, -0.15) is 4.98 Å². The number of benzene rings is 1. The van der Waals surface area contributed by atoms with Gasteiger partial charge in [-0.3, -0.25) is 4.90 Å². The van der Waals surface area contributed by atoms with Gasteiger partial charge in [-0.05, 0) is 43.0 Å². The number of hydrogen-bond donors (Lipinski definition) is 1. The van der Waals surface area contributed by atoms with Crippen molar-refractivity contribution in [1.29, 1.82) is 0 Å². The number of anilines is 2. The Morgan fingerprint density at radius 1 is 1.35 bits per heavy atom. The molecular formula is C19H23BrN4O2. The topological polar surface area (TPSA) is 67.3 Å². The van der Waals surface area contributed by atoms with Crippen molar-refractivity contribution in [3.05, 3.63) is 46.6 Å². The Morgan fingerprint density at radius 2 is 2.15 bits per heavy atom. The lowest BCUT2D eigenvalue weighted by atomic mass is 10.0. The fraction of sp³-hybridized carbons (Fsp3) is 0.421. The van der Waals surface area contributed by atoms with E-state index >= 15 is 0 Å². The van der Waals surface area contributed by atoms with Gasteiger partial charge >= 0.3 is 6.09 Å². The Hall–Kier alpha value is -2.15. The van der Waals surface area contributed by atoms with Crippen LogP contribution in [0.2, 0.25) is 0 Å². The maximum atomic E-state index is 12.2. The number of nitrogens with zero attached hydrogens (tertiary/aromatic N) is 3. The van der Waals surface area contributed by atoms with Gasteiger partial charge in [0.15, 0.2) is 0 Å². The number of ether oxygens (including phenoxy) is 1. The van der Waals surface area contributed by atoms with Crippen LogP contribution in [0.5, 0.6) is 0 Å². The van der Waals surface area contributed by atoms with E-state index in [0.29, 0.717) is 24.3 Å². The van der Waals surface area contributed by atoms with Gasteiger partial charge in [-0.1, -0.05) is 41.9 Å². The summed E-state index contributed by atoms with van der Waals surface area (Å²) in [4.78, 5) is 22.7. The van der Waals surface area contributed by atoms with Crippen LogP contribution in [0.4, 0.5) is 16.6 Å². The fourth-order valence-electron chi connectivity index (χ4n) is 3.06. The summed E-state index contributed by atoms with van der Waals surface area (Å²) in [7, 11) is 0. The van der Waals surface area contributed by atoms with Crippen molar-refractivity contribution < 1.29 is 9.53 Å². The number of hydrogen-bond acceptors (Lipinski definition) is 5. The highest BCUT2D eigenvalue weighted by Crippen LogP contribution is 2.26. The Morgan fingerprint density at radius 3 is 2.88 bits per heavy atom. The van der Waals surface area contributed by atoms with Crippen molar-refractivity contribution in [3.8, 4) is 0 Å². The van der Waals surface area contributed by atoms with Crippen LogP contribution in [0.1, 0.15) is 38.8 Å². The molecule has 0 saturated carbocycles. The van der Waals surface area contributed by atoms with Crippen LogP contribution < -0.4 is 10.2 Å². The molecule has 1 saturated heterocycles. The summed E-state index contributed by atoms with van der Waals surface area (Å²) in [6.45, 7) is 6.71. The molecule has 0 spiro atoms. The molecule has 2 aromatic rings. The van der Waals surface area contributed by atoms with Crippen molar-refractivity contribution in [3.63, 3.8) is 0 Å². The van der Waals surface area contributed by atoms with Gasteiger partial charge in [-0.15, -0.1) is 0 Å². The highest BCUT2D eigenvalue weighted by Gasteiger charge is 2.35. The first-order valence-corrected chi connectivity index (χ1v) is 9.54. The van der Waals surface area contributed by atoms with Crippen molar-refractivity contribution >= 4 is 33.8 Å². The summed E-state index contributed by atoms with van der Waals surface area (Å²) in [6, 6.07) is 9.86. The summed E-state index contributed by atoms with van der Waals surface area (Å²) >= 11 is 3.49. The number of carbonyl (C=O) groups is 1. The zero-order chi connectivity index (χ0) is 18.7. The summed E-state index contributed by atoms with van der Waals surface area (Å²) in [5, 5.41) is 3.30. The summed E-state index contributed by atoms with van der Waals surface area (Å²) < 4.78 is 6.26. The Balaban J connectivity index is 1.78. The van der Waals surface area contributed by atoms with Crippen LogP contribution in [-0.2, 0) is 4.74 Å².